The molecule has 0 aliphatic rings. The number of benzene rings is 1. The molecule has 0 aliphatic heterocycles. The summed E-state index contributed by atoms with van der Waals surface area (Å²) >= 11 is 0. The van der Waals surface area contributed by atoms with Crippen molar-refractivity contribution in [3.63, 3.8) is 0 Å². The van der Waals surface area contributed by atoms with E-state index >= 15 is 0 Å². The van der Waals surface area contributed by atoms with Crippen LogP contribution in [0.3, 0.4) is 0 Å². The predicted octanol–water partition coefficient (Wildman–Crippen LogP) is 11.8. The van der Waals surface area contributed by atoms with E-state index in [2.05, 4.69) is 184 Å². The van der Waals surface area contributed by atoms with Crippen molar-refractivity contribution in [3.05, 3.63) is 30.3 Å². The maximum Gasteiger partial charge on any atom is 0.348 e. The summed E-state index contributed by atoms with van der Waals surface area (Å²) in [5, 5.41) is 2.37. The highest BCUT2D eigenvalue weighted by atomic mass is 28.5. The third kappa shape index (κ3) is 16.9. The molecule has 1 rings (SSSR count). The van der Waals surface area contributed by atoms with Crippen LogP contribution in [0.15, 0.2) is 30.3 Å². The molecule has 41 heavy (non-hydrogen) atoms. The van der Waals surface area contributed by atoms with Crippen molar-refractivity contribution in [2.45, 2.75) is 169 Å². The van der Waals surface area contributed by atoms with Gasteiger partial charge in [-0.05, 0) is 92.3 Å². The molecule has 9 heteroatoms. The molecule has 1 aromatic carbocycles. The molecule has 1 aromatic rings. The number of hydrogen-bond acceptors (Lipinski definition) is 3. The smallest absolute Gasteiger partial charge is 0.348 e. The van der Waals surface area contributed by atoms with E-state index < -0.39 is 49.9 Å². The minimum atomic E-state index is -2.38. The summed E-state index contributed by atoms with van der Waals surface area (Å²) in [5.41, 5.74) is 0. The van der Waals surface area contributed by atoms with Crippen LogP contribution in [0.4, 0.5) is 0 Å². The minimum absolute atomic E-state index is 0.193. The van der Waals surface area contributed by atoms with Crippen LogP contribution in [0, 0.1) is 0 Å². The Bertz CT molecular complexity index is 880. The third-order valence-electron chi connectivity index (χ3n) is 8.67. The van der Waals surface area contributed by atoms with Gasteiger partial charge in [0.2, 0.25) is 0 Å². The van der Waals surface area contributed by atoms with E-state index in [0.717, 1.165) is 0 Å². The Labute approximate surface area is 265 Å². The fourth-order valence-electron chi connectivity index (χ4n) is 3.02. The molecule has 0 amide bonds. The van der Waals surface area contributed by atoms with Gasteiger partial charge in [-0.15, -0.1) is 0 Å². The average molecular weight is 675 g/mol. The van der Waals surface area contributed by atoms with E-state index in [1.54, 1.807) is 0 Å². The van der Waals surface area contributed by atoms with Gasteiger partial charge in [0.05, 0.1) is 0 Å². The summed E-state index contributed by atoms with van der Waals surface area (Å²) in [6, 6.07) is 10.6. The molecule has 0 saturated carbocycles. The molecule has 0 saturated heterocycles. The standard InChI is InChI=1S/C16H32O2Si3.C9H24OSi2.C7H18Si/c1-16(2,3)20(7,8)18-21(9,17-19(4,5)6)15-13-11-10-12-14-15;1-9(2,3)12(7,8)10-11(4,5)6;1-7(2,3)8(4,5)6/h10-14H,1-9H3;1-8H3;1-6H3. The van der Waals surface area contributed by atoms with Crippen molar-refractivity contribution in [2.75, 3.05) is 0 Å². The SMILES string of the molecule is CC(C)(C)[Si](C)(C)C.CC(C)(C)[Si](C)(C)O[Si](C)(C)C.CC(C)(C)[Si](C)(C)O[Si](C)(O[Si](C)(C)C)c1ccccc1. The van der Waals surface area contributed by atoms with Crippen molar-refractivity contribution in [1.82, 2.24) is 0 Å². The van der Waals surface area contributed by atoms with Gasteiger partial charge in [-0.25, -0.2) is 0 Å². The van der Waals surface area contributed by atoms with Crippen LogP contribution in [0.25, 0.3) is 0 Å². The van der Waals surface area contributed by atoms with Crippen LogP contribution in [-0.4, -0.2) is 49.9 Å². The normalized spacial score (nSPS) is 15.7. The first-order valence-electron chi connectivity index (χ1n) is 15.6. The molecule has 0 N–H and O–H groups in total. The lowest BCUT2D eigenvalue weighted by Gasteiger charge is -2.45. The fraction of sp³-hybridized carbons (Fsp3) is 0.812. The van der Waals surface area contributed by atoms with Gasteiger partial charge in [0, 0.05) is 8.07 Å². The summed E-state index contributed by atoms with van der Waals surface area (Å²) in [4.78, 5) is 0. The summed E-state index contributed by atoms with van der Waals surface area (Å²) < 4.78 is 19.7. The van der Waals surface area contributed by atoms with Gasteiger partial charge < -0.3 is 12.3 Å². The van der Waals surface area contributed by atoms with Gasteiger partial charge in [0.15, 0.2) is 33.3 Å². The summed E-state index contributed by atoms with van der Waals surface area (Å²) in [6.07, 6.45) is 0. The Morgan fingerprint density at radius 3 is 0.927 bits per heavy atom. The maximum atomic E-state index is 6.84. The van der Waals surface area contributed by atoms with Crippen molar-refractivity contribution in [2.24, 2.45) is 0 Å². The minimum Gasteiger partial charge on any atom is -0.455 e. The highest BCUT2D eigenvalue weighted by molar-refractivity contribution is 6.95. The van der Waals surface area contributed by atoms with E-state index in [4.69, 9.17) is 12.3 Å². The van der Waals surface area contributed by atoms with Gasteiger partial charge >= 0.3 is 8.56 Å². The highest BCUT2D eigenvalue weighted by Gasteiger charge is 2.48. The lowest BCUT2D eigenvalue weighted by Crippen LogP contribution is -2.62. The first-order valence-corrected chi connectivity index (χ1v) is 34.1. The zero-order chi connectivity index (χ0) is 33.7. The highest BCUT2D eigenvalue weighted by Crippen LogP contribution is 2.40. The second kappa shape index (κ2) is 14.7. The summed E-state index contributed by atoms with van der Waals surface area (Å²) in [6.45, 7) is 53.0. The summed E-state index contributed by atoms with van der Waals surface area (Å²) in [7, 11) is -9.60. The van der Waals surface area contributed by atoms with Gasteiger partial charge in [-0.3, -0.25) is 0 Å². The van der Waals surface area contributed by atoms with Crippen LogP contribution in [0.2, 0.25) is 107 Å². The van der Waals surface area contributed by atoms with Gasteiger partial charge in [0.25, 0.3) is 0 Å². The molecular weight excluding hydrogens is 601 g/mol. The molecule has 0 fully saturated rings. The van der Waals surface area contributed by atoms with Crippen molar-refractivity contribution < 1.29 is 12.3 Å². The zero-order valence-electron chi connectivity index (χ0n) is 32.1. The van der Waals surface area contributed by atoms with E-state index in [1.165, 1.54) is 5.19 Å². The molecule has 0 bridgehead atoms. The lowest BCUT2D eigenvalue weighted by molar-refractivity contribution is 0.383. The molecule has 1 unspecified atom stereocenters. The second-order valence-electron chi connectivity index (χ2n) is 18.9. The lowest BCUT2D eigenvalue weighted by atomic mass is 10.2. The average Bonchev–Trinajstić information content (AvgIpc) is 2.62. The molecule has 0 aromatic heterocycles. The quantitative estimate of drug-likeness (QED) is 0.269. The molecule has 0 spiro atoms. The van der Waals surface area contributed by atoms with Crippen LogP contribution in [-0.2, 0) is 12.3 Å². The van der Waals surface area contributed by atoms with Crippen LogP contribution in [0.5, 0.6) is 0 Å². The monoisotopic (exact) mass is 674 g/mol. The first-order chi connectivity index (χ1) is 17.5. The third-order valence-corrected chi connectivity index (χ3v) is 33.9. The molecule has 244 valence electrons. The summed E-state index contributed by atoms with van der Waals surface area (Å²) in [5.74, 6) is 0. The van der Waals surface area contributed by atoms with Crippen molar-refractivity contribution in [1.29, 1.82) is 0 Å². The van der Waals surface area contributed by atoms with E-state index in [-0.39, 0.29) is 5.04 Å². The van der Waals surface area contributed by atoms with Crippen molar-refractivity contribution in [3.8, 4) is 0 Å². The van der Waals surface area contributed by atoms with Crippen LogP contribution >= 0.6 is 0 Å². The Kier molecular flexibility index (Phi) is 15.6. The first kappa shape index (κ1) is 43.5. The van der Waals surface area contributed by atoms with Crippen LogP contribution < -0.4 is 5.19 Å². The molecule has 1 atom stereocenters. The van der Waals surface area contributed by atoms with Gasteiger partial charge in [-0.2, -0.15) is 0 Å². The molecule has 0 heterocycles. The molecular formula is C32H74O3Si6. The van der Waals surface area contributed by atoms with E-state index in [1.807, 2.05) is 0 Å². The van der Waals surface area contributed by atoms with E-state index in [0.29, 0.717) is 10.1 Å². The second-order valence-corrected chi connectivity index (χ2v) is 47.3. The fourth-order valence-corrected chi connectivity index (χ4v) is 22.4. The Balaban J connectivity index is 0. The van der Waals surface area contributed by atoms with Crippen molar-refractivity contribution >= 4 is 55.1 Å². The number of rotatable bonds is 7. The predicted molar refractivity (Wildman–Crippen MR) is 205 cm³/mol. The Morgan fingerprint density at radius 1 is 0.415 bits per heavy atom. The molecule has 0 aliphatic carbocycles. The molecule has 0 radical (unpaired) electrons. The maximum absolute atomic E-state index is 6.84. The Hall–Kier alpha value is 0.401. The Morgan fingerprint density at radius 2 is 0.707 bits per heavy atom. The topological polar surface area (TPSA) is 27.7 Å². The van der Waals surface area contributed by atoms with E-state index in [9.17, 15) is 0 Å². The molecule has 3 nitrogen and oxygen atoms in total. The number of hydrogen-bond donors (Lipinski definition) is 0. The van der Waals surface area contributed by atoms with Crippen LogP contribution in [0.1, 0.15) is 62.3 Å². The zero-order valence-corrected chi connectivity index (χ0v) is 38.1. The van der Waals surface area contributed by atoms with Gasteiger partial charge in [0.1, 0.15) is 0 Å². The van der Waals surface area contributed by atoms with Gasteiger partial charge in [-0.1, -0.05) is 112 Å². The largest absolute Gasteiger partial charge is 0.455 e.